The minimum absolute atomic E-state index is 0. The summed E-state index contributed by atoms with van der Waals surface area (Å²) in [7, 11) is 1.81. The zero-order chi connectivity index (χ0) is 21.5. The number of benzene rings is 2. The van der Waals surface area contributed by atoms with Gasteiger partial charge in [-0.15, -0.1) is 12.4 Å². The molecule has 0 radical (unpaired) electrons. The summed E-state index contributed by atoms with van der Waals surface area (Å²) in [6.45, 7) is 1.22. The van der Waals surface area contributed by atoms with Gasteiger partial charge in [0.25, 0.3) is 0 Å². The van der Waals surface area contributed by atoms with E-state index in [1.807, 2.05) is 25.2 Å². The number of likely N-dealkylation sites (tertiary alicyclic amines) is 1. The van der Waals surface area contributed by atoms with Crippen molar-refractivity contribution in [1.29, 1.82) is 0 Å². The van der Waals surface area contributed by atoms with E-state index < -0.39 is 12.1 Å². The number of rotatable bonds is 8. The highest BCUT2D eigenvalue weighted by atomic mass is 35.5. The van der Waals surface area contributed by atoms with Crippen molar-refractivity contribution in [3.05, 3.63) is 65.7 Å². The van der Waals surface area contributed by atoms with Crippen LogP contribution in [0.2, 0.25) is 0 Å². The van der Waals surface area contributed by atoms with Crippen molar-refractivity contribution in [3.8, 4) is 5.75 Å². The molecule has 1 saturated heterocycles. The number of likely N-dealkylation sites (N-methyl/N-ethyl adjacent to an activating group) is 1. The first-order chi connectivity index (χ1) is 14.5. The zero-order valence-electron chi connectivity index (χ0n) is 17.9. The van der Waals surface area contributed by atoms with Crippen LogP contribution in [-0.4, -0.2) is 58.9 Å². The Labute approximate surface area is 190 Å². The maximum atomic E-state index is 13.0. The summed E-state index contributed by atoms with van der Waals surface area (Å²) in [6, 6.07) is 15.8. The number of halogens is 1. The van der Waals surface area contributed by atoms with Gasteiger partial charge in [-0.3, -0.25) is 9.59 Å². The molecule has 0 unspecified atom stereocenters. The Morgan fingerprint density at radius 2 is 1.81 bits per heavy atom. The van der Waals surface area contributed by atoms with E-state index in [0.29, 0.717) is 25.9 Å². The Morgan fingerprint density at radius 1 is 1.13 bits per heavy atom. The third-order valence-electron chi connectivity index (χ3n) is 5.71. The number of nitrogens with zero attached hydrogens (tertiary/aromatic N) is 2. The smallest absolute Gasteiger partial charge is 0.245 e. The molecule has 1 aliphatic rings. The predicted octanol–water partition coefficient (Wildman–Crippen LogP) is 2.77. The first-order valence-electron chi connectivity index (χ1n) is 10.6. The zero-order valence-corrected chi connectivity index (χ0v) is 18.8. The number of hydrogen-bond acceptors (Lipinski definition) is 4. The summed E-state index contributed by atoms with van der Waals surface area (Å²) in [6.07, 6.45) is 3.67. The quantitative estimate of drug-likeness (QED) is 0.654. The van der Waals surface area contributed by atoms with Crippen LogP contribution in [0.15, 0.2) is 54.6 Å². The first kappa shape index (κ1) is 24.7. The van der Waals surface area contributed by atoms with Gasteiger partial charge in [0.05, 0.1) is 6.04 Å². The second-order valence-electron chi connectivity index (χ2n) is 8.02. The maximum Gasteiger partial charge on any atom is 0.245 e. The summed E-state index contributed by atoms with van der Waals surface area (Å²) in [5.74, 6) is -0.0125. The number of phenolic OH excluding ortho intramolecular Hbond substituents is 1. The number of hydrogen-bond donors (Lipinski definition) is 2. The first-order valence-corrected chi connectivity index (χ1v) is 10.6. The SMILES string of the molecule is CN(CCCc1ccccc1)C(=O)[C@@H]1CCCN1C(=O)[C@@H](N)Cc1ccc(O)cc1.Cl. The van der Waals surface area contributed by atoms with E-state index in [-0.39, 0.29) is 30.0 Å². The molecule has 1 aliphatic heterocycles. The van der Waals surface area contributed by atoms with Crippen LogP contribution in [0.5, 0.6) is 5.75 Å². The number of carbonyl (C=O) groups is 2. The van der Waals surface area contributed by atoms with E-state index in [0.717, 1.165) is 24.8 Å². The van der Waals surface area contributed by atoms with Crippen molar-refractivity contribution < 1.29 is 14.7 Å². The molecule has 31 heavy (non-hydrogen) atoms. The highest BCUT2D eigenvalue weighted by molar-refractivity contribution is 5.90. The minimum Gasteiger partial charge on any atom is -0.508 e. The fourth-order valence-corrected chi connectivity index (χ4v) is 4.00. The van der Waals surface area contributed by atoms with E-state index in [4.69, 9.17) is 5.73 Å². The average molecular weight is 446 g/mol. The van der Waals surface area contributed by atoms with Crippen LogP contribution in [0.4, 0.5) is 0 Å². The Hall–Kier alpha value is -2.57. The fourth-order valence-electron chi connectivity index (χ4n) is 4.00. The molecule has 0 aromatic heterocycles. The average Bonchev–Trinajstić information content (AvgIpc) is 3.24. The molecule has 0 spiro atoms. The van der Waals surface area contributed by atoms with Crippen LogP contribution in [-0.2, 0) is 22.4 Å². The maximum absolute atomic E-state index is 13.0. The van der Waals surface area contributed by atoms with Gasteiger partial charge in [-0.05, 0) is 55.4 Å². The van der Waals surface area contributed by atoms with Crippen LogP contribution in [0, 0.1) is 0 Å². The highest BCUT2D eigenvalue weighted by Gasteiger charge is 2.37. The van der Waals surface area contributed by atoms with Crippen molar-refractivity contribution in [1.82, 2.24) is 9.80 Å². The predicted molar refractivity (Wildman–Crippen MR) is 124 cm³/mol. The molecular formula is C24H32ClN3O3. The molecule has 2 atom stereocenters. The third-order valence-corrected chi connectivity index (χ3v) is 5.71. The van der Waals surface area contributed by atoms with Gasteiger partial charge in [0, 0.05) is 20.1 Å². The van der Waals surface area contributed by atoms with Gasteiger partial charge in [-0.1, -0.05) is 42.5 Å². The molecule has 1 heterocycles. The van der Waals surface area contributed by atoms with Gasteiger partial charge < -0.3 is 20.6 Å². The molecule has 0 bridgehead atoms. The van der Waals surface area contributed by atoms with Crippen LogP contribution >= 0.6 is 12.4 Å². The van der Waals surface area contributed by atoms with Gasteiger partial charge >= 0.3 is 0 Å². The Balaban J connectivity index is 0.00000341. The van der Waals surface area contributed by atoms with Gasteiger partial charge in [0.1, 0.15) is 11.8 Å². The highest BCUT2D eigenvalue weighted by Crippen LogP contribution is 2.21. The fraction of sp³-hybridized carbons (Fsp3) is 0.417. The second-order valence-corrected chi connectivity index (χ2v) is 8.02. The Kier molecular flexibility index (Phi) is 9.34. The molecule has 3 rings (SSSR count). The largest absolute Gasteiger partial charge is 0.508 e. The standard InChI is InChI=1S/C24H31N3O3.ClH/c1-26(15-5-9-18-7-3-2-4-8-18)24(30)22-10-6-16-27(22)23(29)21(25)17-19-11-13-20(28)14-12-19;/h2-4,7-8,11-14,21-22,28H,5-6,9-10,15-17,25H2,1H3;1H/t21-,22-;/m0./s1. The normalized spacial score (nSPS) is 16.5. The molecule has 2 aromatic rings. The second kappa shape index (κ2) is 11.7. The number of phenols is 1. The summed E-state index contributed by atoms with van der Waals surface area (Å²) < 4.78 is 0. The van der Waals surface area contributed by atoms with E-state index in [2.05, 4.69) is 12.1 Å². The molecule has 3 N–H and O–H groups in total. The van der Waals surface area contributed by atoms with Crippen molar-refractivity contribution in [2.24, 2.45) is 5.73 Å². The Morgan fingerprint density at radius 3 is 2.48 bits per heavy atom. The lowest BCUT2D eigenvalue weighted by atomic mass is 10.0. The molecule has 6 nitrogen and oxygen atoms in total. The van der Waals surface area contributed by atoms with Gasteiger partial charge in [0.2, 0.25) is 11.8 Å². The van der Waals surface area contributed by atoms with Crippen LogP contribution < -0.4 is 5.73 Å². The summed E-state index contributed by atoms with van der Waals surface area (Å²) in [5.41, 5.74) is 8.32. The van der Waals surface area contributed by atoms with Crippen LogP contribution in [0.25, 0.3) is 0 Å². The number of aromatic hydroxyl groups is 1. The van der Waals surface area contributed by atoms with E-state index >= 15 is 0 Å². The van der Waals surface area contributed by atoms with Gasteiger partial charge in [-0.2, -0.15) is 0 Å². The molecule has 2 amide bonds. The topological polar surface area (TPSA) is 86.9 Å². The molecule has 0 saturated carbocycles. The van der Waals surface area contributed by atoms with Crippen LogP contribution in [0.1, 0.15) is 30.4 Å². The lowest BCUT2D eigenvalue weighted by molar-refractivity contribution is -0.143. The summed E-state index contributed by atoms with van der Waals surface area (Å²) in [5, 5.41) is 9.40. The van der Waals surface area contributed by atoms with Gasteiger partial charge in [0.15, 0.2) is 0 Å². The van der Waals surface area contributed by atoms with Gasteiger partial charge in [-0.25, -0.2) is 0 Å². The summed E-state index contributed by atoms with van der Waals surface area (Å²) in [4.78, 5) is 29.3. The lowest BCUT2D eigenvalue weighted by Crippen LogP contribution is -2.52. The molecule has 7 heteroatoms. The molecule has 2 aromatic carbocycles. The van der Waals surface area contributed by atoms with Crippen LogP contribution in [0.3, 0.4) is 0 Å². The molecule has 0 aliphatic carbocycles. The number of carbonyl (C=O) groups excluding carboxylic acids is 2. The van der Waals surface area contributed by atoms with E-state index in [9.17, 15) is 14.7 Å². The minimum atomic E-state index is -0.702. The number of amides is 2. The molecule has 168 valence electrons. The molecule has 1 fully saturated rings. The number of aryl methyl sites for hydroxylation is 1. The number of nitrogens with two attached hydrogens (primary N) is 1. The van der Waals surface area contributed by atoms with Crippen molar-refractivity contribution >= 4 is 24.2 Å². The summed E-state index contributed by atoms with van der Waals surface area (Å²) >= 11 is 0. The Bertz CT molecular complexity index is 845. The van der Waals surface area contributed by atoms with Crippen molar-refractivity contribution in [3.63, 3.8) is 0 Å². The monoisotopic (exact) mass is 445 g/mol. The van der Waals surface area contributed by atoms with Crippen molar-refractivity contribution in [2.45, 2.75) is 44.2 Å². The lowest BCUT2D eigenvalue weighted by Gasteiger charge is -2.30. The van der Waals surface area contributed by atoms with Crippen molar-refractivity contribution in [2.75, 3.05) is 20.1 Å². The third kappa shape index (κ3) is 6.71. The molecular weight excluding hydrogens is 414 g/mol. The van der Waals surface area contributed by atoms with E-state index in [1.165, 1.54) is 5.56 Å². The van der Waals surface area contributed by atoms with E-state index in [1.54, 1.807) is 34.1 Å².